The summed E-state index contributed by atoms with van der Waals surface area (Å²) in [6.07, 6.45) is 3.19. The zero-order valence-corrected chi connectivity index (χ0v) is 17.9. The first kappa shape index (κ1) is 24.6. The average molecular weight is 400 g/mol. The van der Waals surface area contributed by atoms with Crippen LogP contribution in [0.25, 0.3) is 0 Å². The van der Waals surface area contributed by atoms with Crippen LogP contribution >= 0.6 is 0 Å². The van der Waals surface area contributed by atoms with Gasteiger partial charge in [-0.3, -0.25) is 19.8 Å². The van der Waals surface area contributed by atoms with E-state index in [1.165, 1.54) is 6.08 Å². The van der Waals surface area contributed by atoms with Gasteiger partial charge in [-0.25, -0.2) is 0 Å². The highest BCUT2D eigenvalue weighted by Crippen LogP contribution is 2.23. The number of carbonyl (C=O) groups excluding carboxylic acids is 2. The van der Waals surface area contributed by atoms with Crippen LogP contribution in [-0.4, -0.2) is 74.0 Å². The zero-order valence-electron chi connectivity index (χ0n) is 17.9. The third-order valence-electron chi connectivity index (χ3n) is 5.39. The van der Waals surface area contributed by atoms with Gasteiger partial charge in [0.1, 0.15) is 0 Å². The fourth-order valence-electron chi connectivity index (χ4n) is 2.83. The molecule has 0 atom stereocenters. The van der Waals surface area contributed by atoms with Gasteiger partial charge in [-0.2, -0.15) is 0 Å². The lowest BCUT2D eigenvalue weighted by atomic mass is 9.90. The Morgan fingerprint density at radius 3 is 2.46 bits per heavy atom. The number of carbonyl (C=O) groups is 2. The lowest BCUT2D eigenvalue weighted by Crippen LogP contribution is -2.55. The molecular formula is C20H37N3O5. The summed E-state index contributed by atoms with van der Waals surface area (Å²) < 4.78 is 10.7. The second-order valence-electron chi connectivity index (χ2n) is 8.57. The number of nitrogens with two attached hydrogens (primary N) is 1. The summed E-state index contributed by atoms with van der Waals surface area (Å²) in [4.78, 5) is 27.0. The summed E-state index contributed by atoms with van der Waals surface area (Å²) in [5.74, 6) is -0.437. The first-order valence-corrected chi connectivity index (χ1v) is 9.81. The van der Waals surface area contributed by atoms with Crippen molar-refractivity contribution in [2.75, 3.05) is 46.6 Å². The van der Waals surface area contributed by atoms with E-state index in [0.29, 0.717) is 11.6 Å². The number of nitrogens with one attached hydrogen (secondary N) is 1. The monoisotopic (exact) mass is 399 g/mol. The van der Waals surface area contributed by atoms with E-state index in [1.54, 1.807) is 13.8 Å². The molecular weight excluding hydrogens is 362 g/mol. The molecule has 1 heterocycles. The molecule has 0 spiro atoms. The predicted octanol–water partition coefficient (Wildman–Crippen LogP) is 0.644. The molecule has 28 heavy (non-hydrogen) atoms. The second-order valence-corrected chi connectivity index (χ2v) is 8.57. The lowest BCUT2D eigenvalue weighted by Gasteiger charge is -2.37. The number of aliphatic hydroxyl groups excluding tert-OH is 1. The van der Waals surface area contributed by atoms with Crippen molar-refractivity contribution in [1.82, 2.24) is 10.2 Å². The number of imide groups is 1. The minimum Gasteiger partial charge on any atom is -0.401 e. The van der Waals surface area contributed by atoms with E-state index in [1.807, 2.05) is 25.8 Å². The van der Waals surface area contributed by atoms with Crippen LogP contribution in [0.4, 0.5) is 0 Å². The number of hydrogen-bond donors (Lipinski definition) is 3. The molecule has 4 N–H and O–H groups in total. The van der Waals surface area contributed by atoms with Crippen LogP contribution in [0.5, 0.6) is 0 Å². The van der Waals surface area contributed by atoms with Gasteiger partial charge in [0.2, 0.25) is 5.91 Å². The van der Waals surface area contributed by atoms with Gasteiger partial charge in [0, 0.05) is 36.9 Å². The van der Waals surface area contributed by atoms with Crippen LogP contribution in [0.15, 0.2) is 11.8 Å². The first-order chi connectivity index (χ1) is 13.0. The van der Waals surface area contributed by atoms with Gasteiger partial charge < -0.3 is 20.3 Å². The summed E-state index contributed by atoms with van der Waals surface area (Å²) in [5.41, 5.74) is 4.91. The van der Waals surface area contributed by atoms with Crippen LogP contribution in [0.2, 0.25) is 0 Å². The summed E-state index contributed by atoms with van der Waals surface area (Å²) in [6, 6.07) is 0. The van der Waals surface area contributed by atoms with Gasteiger partial charge in [-0.1, -0.05) is 13.8 Å². The summed E-state index contributed by atoms with van der Waals surface area (Å²) in [6.45, 7) is 9.93. The van der Waals surface area contributed by atoms with Gasteiger partial charge in [-0.05, 0) is 39.7 Å². The SMILES string of the molecule is CN(CC1CCOCC1)C(C)(C)C(=O)NC(=O)C=C(N)C(C)(C)COCCO. The normalized spacial score (nSPS) is 17.0. The third-order valence-corrected chi connectivity index (χ3v) is 5.39. The Bertz CT molecular complexity index is 554. The van der Waals surface area contributed by atoms with Crippen molar-refractivity contribution in [3.8, 4) is 0 Å². The molecule has 0 bridgehead atoms. The Hall–Kier alpha value is -1.48. The van der Waals surface area contributed by atoms with E-state index >= 15 is 0 Å². The number of amides is 2. The topological polar surface area (TPSA) is 114 Å². The van der Waals surface area contributed by atoms with Crippen molar-refractivity contribution >= 4 is 11.8 Å². The molecule has 0 saturated carbocycles. The minimum absolute atomic E-state index is 0.0782. The van der Waals surface area contributed by atoms with Crippen molar-refractivity contribution in [1.29, 1.82) is 0 Å². The van der Waals surface area contributed by atoms with Crippen molar-refractivity contribution in [3.63, 3.8) is 0 Å². The molecule has 2 amide bonds. The van der Waals surface area contributed by atoms with Crippen LogP contribution < -0.4 is 11.1 Å². The zero-order chi connectivity index (χ0) is 21.4. The molecule has 1 fully saturated rings. The summed E-state index contributed by atoms with van der Waals surface area (Å²) in [7, 11) is 1.89. The average Bonchev–Trinajstić information content (AvgIpc) is 2.62. The Kier molecular flexibility index (Phi) is 9.56. The van der Waals surface area contributed by atoms with Crippen molar-refractivity contribution in [2.45, 2.75) is 46.1 Å². The maximum absolute atomic E-state index is 12.7. The van der Waals surface area contributed by atoms with E-state index < -0.39 is 16.9 Å². The largest absolute Gasteiger partial charge is 0.401 e. The van der Waals surface area contributed by atoms with Crippen LogP contribution in [0.3, 0.4) is 0 Å². The maximum atomic E-state index is 12.7. The number of hydrogen-bond acceptors (Lipinski definition) is 7. The lowest BCUT2D eigenvalue weighted by molar-refractivity contribution is -0.135. The summed E-state index contributed by atoms with van der Waals surface area (Å²) >= 11 is 0. The number of ether oxygens (including phenoxy) is 2. The molecule has 1 saturated heterocycles. The van der Waals surface area contributed by atoms with E-state index in [9.17, 15) is 9.59 Å². The molecule has 1 aliphatic heterocycles. The minimum atomic E-state index is -0.837. The van der Waals surface area contributed by atoms with E-state index in [0.717, 1.165) is 32.6 Å². The fourth-order valence-corrected chi connectivity index (χ4v) is 2.83. The second kappa shape index (κ2) is 10.9. The van der Waals surface area contributed by atoms with Gasteiger partial charge in [-0.15, -0.1) is 0 Å². The van der Waals surface area contributed by atoms with E-state index in [-0.39, 0.29) is 25.7 Å². The van der Waals surface area contributed by atoms with Gasteiger partial charge in [0.15, 0.2) is 0 Å². The predicted molar refractivity (Wildman–Crippen MR) is 107 cm³/mol. The number of likely N-dealkylation sites (N-methyl/N-ethyl adjacent to an activating group) is 1. The first-order valence-electron chi connectivity index (χ1n) is 9.81. The Labute approximate surface area is 168 Å². The Balaban J connectivity index is 2.63. The van der Waals surface area contributed by atoms with Crippen LogP contribution in [-0.2, 0) is 19.1 Å². The molecule has 1 aliphatic rings. The third kappa shape index (κ3) is 7.50. The van der Waals surface area contributed by atoms with E-state index in [4.69, 9.17) is 20.3 Å². The number of aliphatic hydroxyl groups is 1. The molecule has 8 heteroatoms. The standard InChI is InChI=1S/C20H37N3O5/c1-19(2,14-28-11-8-24)16(21)12-17(25)22-18(26)20(3,4)23(5)13-15-6-9-27-10-7-15/h12,15,24H,6-11,13-14,21H2,1-5H3,(H,22,25,26). The highest BCUT2D eigenvalue weighted by atomic mass is 16.5. The van der Waals surface area contributed by atoms with Gasteiger partial charge in [0.05, 0.1) is 25.4 Å². The molecule has 8 nitrogen and oxygen atoms in total. The van der Waals surface area contributed by atoms with E-state index in [2.05, 4.69) is 5.32 Å². The molecule has 0 aromatic heterocycles. The molecule has 162 valence electrons. The molecule has 0 aromatic carbocycles. The number of rotatable bonds is 10. The Morgan fingerprint density at radius 1 is 1.29 bits per heavy atom. The highest BCUT2D eigenvalue weighted by molar-refractivity contribution is 6.04. The molecule has 1 rings (SSSR count). The molecule has 0 radical (unpaired) electrons. The van der Waals surface area contributed by atoms with Gasteiger partial charge >= 0.3 is 0 Å². The quantitative estimate of drug-likeness (QED) is 0.365. The van der Waals surface area contributed by atoms with Crippen LogP contribution in [0.1, 0.15) is 40.5 Å². The fraction of sp³-hybridized carbons (Fsp3) is 0.800. The molecule has 0 aromatic rings. The van der Waals surface area contributed by atoms with Crippen molar-refractivity contribution < 1.29 is 24.2 Å². The maximum Gasteiger partial charge on any atom is 0.252 e. The van der Waals surface area contributed by atoms with Crippen molar-refractivity contribution in [2.24, 2.45) is 17.1 Å². The number of nitrogens with zero attached hydrogens (tertiary/aromatic N) is 1. The molecule has 0 aliphatic carbocycles. The smallest absolute Gasteiger partial charge is 0.252 e. The molecule has 0 unspecified atom stereocenters. The summed E-state index contributed by atoms with van der Waals surface area (Å²) in [5, 5.41) is 11.2. The highest BCUT2D eigenvalue weighted by Gasteiger charge is 2.34. The Morgan fingerprint density at radius 2 is 1.89 bits per heavy atom. The van der Waals surface area contributed by atoms with Gasteiger partial charge in [0.25, 0.3) is 5.91 Å². The van der Waals surface area contributed by atoms with Crippen LogP contribution in [0, 0.1) is 11.3 Å². The van der Waals surface area contributed by atoms with Crippen molar-refractivity contribution in [3.05, 3.63) is 11.8 Å².